The van der Waals surface area contributed by atoms with Crippen molar-refractivity contribution in [3.05, 3.63) is 10.7 Å². The summed E-state index contributed by atoms with van der Waals surface area (Å²) >= 11 is 3.36. The Labute approximate surface area is 110 Å². The van der Waals surface area contributed by atoms with Gasteiger partial charge in [0.2, 0.25) is 11.8 Å². The van der Waals surface area contributed by atoms with E-state index < -0.39 is 0 Å². The number of likely N-dealkylation sites (N-methyl/N-ethyl adjacent to an activating group) is 1. The van der Waals surface area contributed by atoms with Crippen LogP contribution in [-0.2, 0) is 0 Å². The van der Waals surface area contributed by atoms with Gasteiger partial charge in [0.05, 0.1) is 17.8 Å². The van der Waals surface area contributed by atoms with Crippen molar-refractivity contribution >= 4 is 21.9 Å². The molecule has 1 atom stereocenters. The van der Waals surface area contributed by atoms with Gasteiger partial charge in [0, 0.05) is 25.7 Å². The zero-order valence-corrected chi connectivity index (χ0v) is 11.9. The number of ether oxygens (including phenoxy) is 1. The monoisotopic (exact) mass is 300 g/mol. The maximum Gasteiger partial charge on any atom is 0.232 e. The van der Waals surface area contributed by atoms with Gasteiger partial charge in [-0.05, 0) is 29.9 Å². The molecule has 1 aromatic heterocycles. The molecule has 6 heteroatoms. The van der Waals surface area contributed by atoms with Crippen molar-refractivity contribution in [2.75, 3.05) is 38.7 Å². The highest BCUT2D eigenvalue weighted by Gasteiger charge is 2.23. The van der Waals surface area contributed by atoms with Crippen LogP contribution in [0.1, 0.15) is 6.92 Å². The molecular weight excluding hydrogens is 284 g/mol. The predicted octanol–water partition coefficient (Wildman–Crippen LogP) is 1.39. The Balaban J connectivity index is 2.17. The molecule has 1 saturated heterocycles. The first-order valence-electron chi connectivity index (χ1n) is 5.63. The second-order valence-electron chi connectivity index (χ2n) is 4.30. The van der Waals surface area contributed by atoms with E-state index in [1.807, 2.05) is 0 Å². The molecule has 5 nitrogen and oxygen atoms in total. The number of piperazine rings is 1. The zero-order valence-electron chi connectivity index (χ0n) is 10.4. The van der Waals surface area contributed by atoms with Crippen LogP contribution in [0.15, 0.2) is 10.7 Å². The summed E-state index contributed by atoms with van der Waals surface area (Å²) in [6.45, 7) is 5.14. The molecule has 1 aromatic rings. The number of hydrogen-bond acceptors (Lipinski definition) is 5. The average Bonchev–Trinajstić information content (AvgIpc) is 2.33. The lowest BCUT2D eigenvalue weighted by molar-refractivity contribution is 0.232. The summed E-state index contributed by atoms with van der Waals surface area (Å²) in [6.07, 6.45) is 1.74. The van der Waals surface area contributed by atoms with E-state index in [0.29, 0.717) is 11.9 Å². The number of methoxy groups -OCH3 is 1. The minimum absolute atomic E-state index is 0.516. The van der Waals surface area contributed by atoms with E-state index in [2.05, 4.69) is 49.7 Å². The Bertz CT molecular complexity index is 401. The van der Waals surface area contributed by atoms with Crippen molar-refractivity contribution in [2.24, 2.45) is 0 Å². The van der Waals surface area contributed by atoms with E-state index in [0.717, 1.165) is 30.1 Å². The number of rotatable bonds is 2. The van der Waals surface area contributed by atoms with Crippen LogP contribution in [0.5, 0.6) is 5.88 Å². The molecule has 0 spiro atoms. The molecule has 0 amide bonds. The SMILES string of the molecule is COc1nc(N2CCN(C)C(C)C2)ncc1Br. The summed E-state index contributed by atoms with van der Waals surface area (Å²) in [6, 6.07) is 0.516. The normalized spacial score (nSPS) is 21.6. The van der Waals surface area contributed by atoms with E-state index in [-0.39, 0.29) is 0 Å². The molecule has 17 heavy (non-hydrogen) atoms. The molecular formula is C11H17BrN4O. The molecule has 1 aliphatic heterocycles. The number of hydrogen-bond donors (Lipinski definition) is 0. The molecule has 0 radical (unpaired) electrons. The van der Waals surface area contributed by atoms with E-state index in [1.54, 1.807) is 13.3 Å². The van der Waals surface area contributed by atoms with Gasteiger partial charge in [0.15, 0.2) is 0 Å². The molecule has 2 heterocycles. The average molecular weight is 301 g/mol. The van der Waals surface area contributed by atoms with Crippen LogP contribution < -0.4 is 9.64 Å². The summed E-state index contributed by atoms with van der Waals surface area (Å²) < 4.78 is 5.97. The van der Waals surface area contributed by atoms with Crippen molar-refractivity contribution < 1.29 is 4.74 Å². The van der Waals surface area contributed by atoms with E-state index >= 15 is 0 Å². The van der Waals surface area contributed by atoms with Crippen LogP contribution >= 0.6 is 15.9 Å². The highest BCUT2D eigenvalue weighted by molar-refractivity contribution is 9.10. The third kappa shape index (κ3) is 2.69. The van der Waals surface area contributed by atoms with E-state index in [1.165, 1.54) is 0 Å². The number of aromatic nitrogens is 2. The van der Waals surface area contributed by atoms with Crippen LogP contribution in [0.4, 0.5) is 5.95 Å². The minimum Gasteiger partial charge on any atom is -0.480 e. The fourth-order valence-electron chi connectivity index (χ4n) is 1.87. The Morgan fingerprint density at radius 1 is 1.47 bits per heavy atom. The largest absolute Gasteiger partial charge is 0.480 e. The van der Waals surface area contributed by atoms with Gasteiger partial charge in [-0.2, -0.15) is 4.98 Å². The van der Waals surface area contributed by atoms with Crippen LogP contribution in [0, 0.1) is 0 Å². The second kappa shape index (κ2) is 5.18. The summed E-state index contributed by atoms with van der Waals surface area (Å²) in [5.41, 5.74) is 0. The van der Waals surface area contributed by atoms with Crippen LogP contribution in [0.2, 0.25) is 0 Å². The van der Waals surface area contributed by atoms with Gasteiger partial charge in [0.1, 0.15) is 0 Å². The van der Waals surface area contributed by atoms with E-state index in [9.17, 15) is 0 Å². The Hall–Kier alpha value is -0.880. The third-order valence-electron chi connectivity index (χ3n) is 3.14. The Morgan fingerprint density at radius 3 is 2.88 bits per heavy atom. The summed E-state index contributed by atoms with van der Waals surface area (Å²) in [7, 11) is 3.76. The summed E-state index contributed by atoms with van der Waals surface area (Å²) in [4.78, 5) is 13.3. The van der Waals surface area contributed by atoms with Gasteiger partial charge < -0.3 is 14.5 Å². The highest BCUT2D eigenvalue weighted by Crippen LogP contribution is 2.24. The fraction of sp³-hybridized carbons (Fsp3) is 0.636. The number of anilines is 1. The lowest BCUT2D eigenvalue weighted by atomic mass is 10.2. The molecule has 1 fully saturated rings. The quantitative estimate of drug-likeness (QED) is 0.826. The van der Waals surface area contributed by atoms with Crippen LogP contribution in [-0.4, -0.2) is 54.7 Å². The standard InChI is InChI=1S/C11H17BrN4O/c1-8-7-16(5-4-15(8)2)11-13-6-9(12)10(14-11)17-3/h6,8H,4-5,7H2,1-3H3. The topological polar surface area (TPSA) is 41.5 Å². The Morgan fingerprint density at radius 2 is 2.24 bits per heavy atom. The molecule has 1 unspecified atom stereocenters. The van der Waals surface area contributed by atoms with Crippen molar-refractivity contribution in [2.45, 2.75) is 13.0 Å². The van der Waals surface area contributed by atoms with Crippen molar-refractivity contribution in [1.29, 1.82) is 0 Å². The van der Waals surface area contributed by atoms with Gasteiger partial charge in [-0.25, -0.2) is 4.98 Å². The molecule has 0 aromatic carbocycles. The van der Waals surface area contributed by atoms with E-state index in [4.69, 9.17) is 4.74 Å². The van der Waals surface area contributed by atoms with Crippen LogP contribution in [0.25, 0.3) is 0 Å². The summed E-state index contributed by atoms with van der Waals surface area (Å²) in [5.74, 6) is 1.33. The third-order valence-corrected chi connectivity index (χ3v) is 3.68. The van der Waals surface area contributed by atoms with Gasteiger partial charge in [-0.1, -0.05) is 0 Å². The molecule has 0 saturated carbocycles. The van der Waals surface area contributed by atoms with Gasteiger partial charge in [-0.3, -0.25) is 0 Å². The lowest BCUT2D eigenvalue weighted by Gasteiger charge is -2.37. The Kier molecular flexibility index (Phi) is 3.83. The minimum atomic E-state index is 0.516. The van der Waals surface area contributed by atoms with Gasteiger partial charge >= 0.3 is 0 Å². The second-order valence-corrected chi connectivity index (χ2v) is 5.16. The zero-order chi connectivity index (χ0) is 12.4. The molecule has 0 bridgehead atoms. The first-order chi connectivity index (χ1) is 8.11. The highest BCUT2D eigenvalue weighted by atomic mass is 79.9. The fourth-order valence-corrected chi connectivity index (χ4v) is 2.22. The summed E-state index contributed by atoms with van der Waals surface area (Å²) in [5, 5.41) is 0. The van der Waals surface area contributed by atoms with Crippen molar-refractivity contribution in [1.82, 2.24) is 14.9 Å². The maximum absolute atomic E-state index is 5.19. The lowest BCUT2D eigenvalue weighted by Crippen LogP contribution is -2.50. The first-order valence-corrected chi connectivity index (χ1v) is 6.43. The van der Waals surface area contributed by atoms with Crippen molar-refractivity contribution in [3.8, 4) is 5.88 Å². The van der Waals surface area contributed by atoms with Gasteiger partial charge in [-0.15, -0.1) is 0 Å². The number of nitrogens with zero attached hydrogens (tertiary/aromatic N) is 4. The van der Waals surface area contributed by atoms with Gasteiger partial charge in [0.25, 0.3) is 0 Å². The van der Waals surface area contributed by atoms with Crippen LogP contribution in [0.3, 0.4) is 0 Å². The molecule has 94 valence electrons. The molecule has 0 aliphatic carbocycles. The molecule has 2 rings (SSSR count). The molecule has 0 N–H and O–H groups in total. The van der Waals surface area contributed by atoms with Crippen molar-refractivity contribution in [3.63, 3.8) is 0 Å². The predicted molar refractivity (Wildman–Crippen MR) is 70.6 cm³/mol. The molecule has 1 aliphatic rings. The first kappa shape index (κ1) is 12.6. The maximum atomic E-state index is 5.19. The smallest absolute Gasteiger partial charge is 0.232 e. The number of halogens is 1.